The second-order valence-corrected chi connectivity index (χ2v) is 7.63. The number of carbonyl (C=O) groups excluding carboxylic acids is 1. The third-order valence-electron chi connectivity index (χ3n) is 4.72. The molecule has 0 unspecified atom stereocenters. The van der Waals surface area contributed by atoms with Crippen molar-refractivity contribution in [3.63, 3.8) is 0 Å². The molecule has 1 atom stereocenters. The number of thioether (sulfide) groups is 1. The van der Waals surface area contributed by atoms with Crippen molar-refractivity contribution in [2.75, 3.05) is 36.8 Å². The van der Waals surface area contributed by atoms with Crippen molar-refractivity contribution in [2.24, 2.45) is 5.92 Å². The Labute approximate surface area is 162 Å². The van der Waals surface area contributed by atoms with Crippen molar-refractivity contribution in [1.82, 2.24) is 25.6 Å². The molecule has 140 valence electrons. The van der Waals surface area contributed by atoms with Gasteiger partial charge in [0.15, 0.2) is 0 Å². The molecular weight excluding hydrogens is 372 g/mol. The average molecular weight is 395 g/mol. The highest BCUT2D eigenvalue weighted by Gasteiger charge is 2.22. The molecule has 1 amide bonds. The predicted octanol–water partition coefficient (Wildman–Crippen LogP) is 1.81. The molecule has 26 heavy (non-hydrogen) atoms. The molecule has 0 spiro atoms. The van der Waals surface area contributed by atoms with E-state index in [-0.39, 0.29) is 18.3 Å². The number of aromatic nitrogens is 3. The first-order valence-electron chi connectivity index (χ1n) is 8.61. The fourth-order valence-electron chi connectivity index (χ4n) is 3.32. The first-order chi connectivity index (χ1) is 12.2. The maximum atomic E-state index is 12.5. The minimum atomic E-state index is 0. The van der Waals surface area contributed by atoms with Gasteiger partial charge in [-0.3, -0.25) is 4.79 Å². The number of carbonyl (C=O) groups is 1. The zero-order valence-corrected chi connectivity index (χ0v) is 16.3. The molecule has 9 heteroatoms. The normalized spacial score (nSPS) is 20.0. The monoisotopic (exact) mass is 394 g/mol. The number of amides is 1. The van der Waals surface area contributed by atoms with Gasteiger partial charge in [-0.1, -0.05) is 0 Å². The van der Waals surface area contributed by atoms with Crippen LogP contribution in [0, 0.1) is 12.8 Å². The van der Waals surface area contributed by atoms with Gasteiger partial charge in [0.1, 0.15) is 17.8 Å². The SMILES string of the molecule is Cc1c[nH]c2ncnc(N3C=C(C(=O)NC[C@H]4CCNC4)SCC3)c12.Cl. The maximum Gasteiger partial charge on any atom is 0.259 e. The Hall–Kier alpha value is -1.77. The number of aryl methyl sites for hydroxylation is 1. The Kier molecular flexibility index (Phi) is 6.05. The summed E-state index contributed by atoms with van der Waals surface area (Å²) in [5.74, 6) is 2.27. The van der Waals surface area contributed by atoms with Gasteiger partial charge in [-0.05, 0) is 37.9 Å². The van der Waals surface area contributed by atoms with E-state index < -0.39 is 0 Å². The van der Waals surface area contributed by atoms with E-state index in [0.29, 0.717) is 5.92 Å². The number of H-pyrrole nitrogens is 1. The van der Waals surface area contributed by atoms with E-state index in [0.717, 1.165) is 65.7 Å². The molecule has 2 aliphatic heterocycles. The molecule has 7 nitrogen and oxygen atoms in total. The van der Waals surface area contributed by atoms with Gasteiger partial charge in [-0.25, -0.2) is 9.97 Å². The van der Waals surface area contributed by atoms with E-state index in [2.05, 4.69) is 30.5 Å². The lowest BCUT2D eigenvalue weighted by molar-refractivity contribution is -0.117. The summed E-state index contributed by atoms with van der Waals surface area (Å²) in [6.07, 6.45) is 6.55. The van der Waals surface area contributed by atoms with Gasteiger partial charge in [0.2, 0.25) is 0 Å². The minimum absolute atomic E-state index is 0. The summed E-state index contributed by atoms with van der Waals surface area (Å²) in [5, 5.41) is 7.42. The van der Waals surface area contributed by atoms with Crippen molar-refractivity contribution in [3.05, 3.63) is 29.2 Å². The molecule has 1 fully saturated rings. The van der Waals surface area contributed by atoms with E-state index >= 15 is 0 Å². The van der Waals surface area contributed by atoms with Gasteiger partial charge < -0.3 is 20.5 Å². The highest BCUT2D eigenvalue weighted by atomic mass is 35.5. The molecule has 2 aromatic rings. The van der Waals surface area contributed by atoms with Crippen LogP contribution in [-0.4, -0.2) is 52.8 Å². The molecule has 0 aromatic carbocycles. The Morgan fingerprint density at radius 2 is 2.35 bits per heavy atom. The van der Waals surface area contributed by atoms with E-state index in [1.165, 1.54) is 0 Å². The third-order valence-corrected chi connectivity index (χ3v) is 5.71. The standard InChI is InChI=1S/C17H22N6OS.ClH/c1-11-6-19-15-14(11)16(22-10-21-15)23-4-5-25-13(9-23)17(24)20-8-12-2-3-18-7-12;/h6,9-10,12,18H,2-5,7-8H2,1H3,(H,20,24)(H,19,21,22);1H/t12-;/m0./s1. The molecule has 2 aromatic heterocycles. The van der Waals surface area contributed by atoms with Gasteiger partial charge in [0.25, 0.3) is 5.91 Å². The Balaban J connectivity index is 0.00000196. The van der Waals surface area contributed by atoms with Crippen LogP contribution in [-0.2, 0) is 4.79 Å². The van der Waals surface area contributed by atoms with Crippen LogP contribution in [0.1, 0.15) is 12.0 Å². The molecule has 3 N–H and O–H groups in total. The number of hydrogen-bond acceptors (Lipinski definition) is 6. The average Bonchev–Trinajstić information content (AvgIpc) is 3.30. The largest absolute Gasteiger partial charge is 0.351 e. The van der Waals surface area contributed by atoms with Crippen molar-refractivity contribution >= 4 is 46.9 Å². The zero-order valence-electron chi connectivity index (χ0n) is 14.6. The van der Waals surface area contributed by atoms with Crippen molar-refractivity contribution in [3.8, 4) is 0 Å². The lowest BCUT2D eigenvalue weighted by Crippen LogP contribution is -2.34. The van der Waals surface area contributed by atoms with Gasteiger partial charge in [-0.15, -0.1) is 24.2 Å². The lowest BCUT2D eigenvalue weighted by Gasteiger charge is -2.26. The van der Waals surface area contributed by atoms with Crippen LogP contribution in [0.2, 0.25) is 0 Å². The molecule has 4 rings (SSSR count). The highest BCUT2D eigenvalue weighted by molar-refractivity contribution is 8.04. The highest BCUT2D eigenvalue weighted by Crippen LogP contribution is 2.30. The Morgan fingerprint density at radius 3 is 3.15 bits per heavy atom. The summed E-state index contributed by atoms with van der Waals surface area (Å²) >= 11 is 1.60. The quantitative estimate of drug-likeness (QED) is 0.733. The van der Waals surface area contributed by atoms with Crippen LogP contribution < -0.4 is 15.5 Å². The van der Waals surface area contributed by atoms with Crippen LogP contribution >= 0.6 is 24.2 Å². The lowest BCUT2D eigenvalue weighted by atomic mass is 10.1. The fourth-order valence-corrected chi connectivity index (χ4v) is 4.23. The van der Waals surface area contributed by atoms with E-state index in [4.69, 9.17) is 0 Å². The maximum absolute atomic E-state index is 12.5. The fraction of sp³-hybridized carbons (Fsp3) is 0.471. The molecule has 0 aliphatic carbocycles. The zero-order chi connectivity index (χ0) is 17.2. The molecule has 2 aliphatic rings. The van der Waals surface area contributed by atoms with E-state index in [1.54, 1.807) is 18.1 Å². The summed E-state index contributed by atoms with van der Waals surface area (Å²) in [4.78, 5) is 27.2. The van der Waals surface area contributed by atoms with Gasteiger partial charge in [-0.2, -0.15) is 0 Å². The summed E-state index contributed by atoms with van der Waals surface area (Å²) in [5.41, 5.74) is 1.94. The molecule has 0 bridgehead atoms. The molecule has 0 saturated carbocycles. The van der Waals surface area contributed by atoms with Gasteiger partial charge in [0.05, 0.1) is 10.3 Å². The summed E-state index contributed by atoms with van der Waals surface area (Å²) in [7, 11) is 0. The van der Waals surface area contributed by atoms with E-state index in [9.17, 15) is 4.79 Å². The van der Waals surface area contributed by atoms with Crippen molar-refractivity contribution < 1.29 is 4.79 Å². The number of halogens is 1. The number of nitrogens with one attached hydrogen (secondary N) is 3. The van der Waals surface area contributed by atoms with Crippen LogP contribution in [0.4, 0.5) is 5.82 Å². The second kappa shape index (κ2) is 8.28. The first-order valence-corrected chi connectivity index (χ1v) is 9.60. The molecular formula is C17H23ClN6OS. The second-order valence-electron chi connectivity index (χ2n) is 6.50. The number of fused-ring (bicyclic) bond motifs is 1. The molecule has 0 radical (unpaired) electrons. The van der Waals surface area contributed by atoms with Gasteiger partial charge in [0, 0.05) is 31.2 Å². The van der Waals surface area contributed by atoms with Crippen LogP contribution in [0.3, 0.4) is 0 Å². The van der Waals surface area contributed by atoms with Crippen molar-refractivity contribution in [2.45, 2.75) is 13.3 Å². The summed E-state index contributed by atoms with van der Waals surface area (Å²) in [6.45, 7) is 5.64. The molecule has 1 saturated heterocycles. The van der Waals surface area contributed by atoms with Gasteiger partial charge >= 0.3 is 0 Å². The predicted molar refractivity (Wildman–Crippen MR) is 108 cm³/mol. The Bertz CT molecular complexity index is 817. The van der Waals surface area contributed by atoms with Crippen LogP contribution in [0.25, 0.3) is 11.0 Å². The third kappa shape index (κ3) is 3.82. The summed E-state index contributed by atoms with van der Waals surface area (Å²) in [6, 6.07) is 0. The first kappa shape index (κ1) is 19.0. The number of aromatic amines is 1. The summed E-state index contributed by atoms with van der Waals surface area (Å²) < 4.78 is 0. The van der Waals surface area contributed by atoms with Crippen LogP contribution in [0.5, 0.6) is 0 Å². The smallest absolute Gasteiger partial charge is 0.259 e. The van der Waals surface area contributed by atoms with E-state index in [1.807, 2.05) is 19.3 Å². The minimum Gasteiger partial charge on any atom is -0.351 e. The van der Waals surface area contributed by atoms with Crippen molar-refractivity contribution in [1.29, 1.82) is 0 Å². The Morgan fingerprint density at radius 1 is 1.46 bits per heavy atom. The topological polar surface area (TPSA) is 85.9 Å². The number of hydrogen-bond donors (Lipinski definition) is 3. The molecule has 4 heterocycles. The number of nitrogens with zero attached hydrogens (tertiary/aromatic N) is 3. The number of anilines is 1. The van der Waals surface area contributed by atoms with Crippen LogP contribution in [0.15, 0.2) is 23.6 Å². The number of rotatable bonds is 4.